The number of anilines is 2. The van der Waals surface area contributed by atoms with E-state index in [4.69, 9.17) is 0 Å². The fourth-order valence-electron chi connectivity index (χ4n) is 2.20. The van der Waals surface area contributed by atoms with E-state index >= 15 is 0 Å². The number of nitrogens with one attached hydrogen (secondary N) is 2. The molecule has 0 spiro atoms. The van der Waals surface area contributed by atoms with Crippen molar-refractivity contribution in [1.82, 2.24) is 15.0 Å². The van der Waals surface area contributed by atoms with Crippen LogP contribution in [0.25, 0.3) is 10.2 Å². The summed E-state index contributed by atoms with van der Waals surface area (Å²) in [6.45, 7) is 5.72. The molecule has 0 aliphatic heterocycles. The molecule has 3 rings (SSSR count). The third-order valence-corrected chi connectivity index (χ3v) is 4.20. The van der Waals surface area contributed by atoms with Gasteiger partial charge in [-0.3, -0.25) is 0 Å². The Labute approximate surface area is 127 Å². The van der Waals surface area contributed by atoms with Crippen LogP contribution in [-0.4, -0.2) is 21.5 Å². The molecule has 0 fully saturated rings. The van der Waals surface area contributed by atoms with E-state index < -0.39 is 0 Å². The van der Waals surface area contributed by atoms with Gasteiger partial charge >= 0.3 is 0 Å². The van der Waals surface area contributed by atoms with Gasteiger partial charge in [0.2, 0.25) is 0 Å². The fraction of sp³-hybridized carbons (Fsp3) is 0.267. The van der Waals surface area contributed by atoms with Gasteiger partial charge < -0.3 is 10.6 Å². The van der Waals surface area contributed by atoms with Crippen LogP contribution in [0, 0.1) is 6.92 Å². The Morgan fingerprint density at radius 1 is 1.19 bits per heavy atom. The molecular formula is C15H17N5S. The smallest absolute Gasteiger partial charge is 0.138 e. The molecule has 5 nitrogen and oxygen atoms in total. The molecule has 21 heavy (non-hydrogen) atoms. The summed E-state index contributed by atoms with van der Waals surface area (Å²) in [6.07, 6.45) is 3.43. The normalized spacial score (nSPS) is 10.8. The van der Waals surface area contributed by atoms with Crippen molar-refractivity contribution >= 4 is 33.2 Å². The number of pyridine rings is 1. The largest absolute Gasteiger partial charge is 0.370 e. The fourth-order valence-corrected chi connectivity index (χ4v) is 3.09. The summed E-state index contributed by atoms with van der Waals surface area (Å²) >= 11 is 1.65. The number of nitrogens with zero attached hydrogens (tertiary/aromatic N) is 3. The maximum Gasteiger partial charge on any atom is 0.138 e. The van der Waals surface area contributed by atoms with Crippen molar-refractivity contribution in [2.75, 3.05) is 17.2 Å². The number of hydrogen-bond acceptors (Lipinski definition) is 6. The van der Waals surface area contributed by atoms with Gasteiger partial charge in [-0.1, -0.05) is 0 Å². The first-order valence-electron chi connectivity index (χ1n) is 6.89. The first kappa shape index (κ1) is 13.8. The Kier molecular flexibility index (Phi) is 3.96. The highest BCUT2D eigenvalue weighted by atomic mass is 32.1. The second-order valence-corrected chi connectivity index (χ2v) is 5.61. The SMILES string of the molecule is CCNc1cc(CNc2ncnc3scc(C)c23)ccn1. The zero-order chi connectivity index (χ0) is 14.7. The van der Waals surface area contributed by atoms with E-state index in [9.17, 15) is 0 Å². The van der Waals surface area contributed by atoms with Crippen LogP contribution in [0.5, 0.6) is 0 Å². The van der Waals surface area contributed by atoms with Gasteiger partial charge in [-0.25, -0.2) is 15.0 Å². The maximum atomic E-state index is 4.37. The molecule has 0 saturated heterocycles. The molecule has 6 heteroatoms. The Morgan fingerprint density at radius 2 is 2.10 bits per heavy atom. The lowest BCUT2D eigenvalue weighted by Gasteiger charge is -2.09. The van der Waals surface area contributed by atoms with E-state index in [1.807, 2.05) is 12.3 Å². The zero-order valence-corrected chi connectivity index (χ0v) is 12.9. The number of rotatable bonds is 5. The molecule has 0 bridgehead atoms. The van der Waals surface area contributed by atoms with Crippen LogP contribution in [0.15, 0.2) is 30.0 Å². The zero-order valence-electron chi connectivity index (χ0n) is 12.1. The molecule has 0 atom stereocenters. The van der Waals surface area contributed by atoms with Crippen LogP contribution in [0.2, 0.25) is 0 Å². The summed E-state index contributed by atoms with van der Waals surface area (Å²) < 4.78 is 0. The van der Waals surface area contributed by atoms with Crippen LogP contribution in [-0.2, 0) is 6.54 Å². The van der Waals surface area contributed by atoms with E-state index in [1.165, 1.54) is 11.1 Å². The minimum atomic E-state index is 0.711. The van der Waals surface area contributed by atoms with Crippen LogP contribution in [0.1, 0.15) is 18.1 Å². The van der Waals surface area contributed by atoms with E-state index in [0.717, 1.165) is 28.4 Å². The van der Waals surface area contributed by atoms with Gasteiger partial charge in [0.15, 0.2) is 0 Å². The van der Waals surface area contributed by atoms with E-state index in [1.54, 1.807) is 17.7 Å². The van der Waals surface area contributed by atoms with Gasteiger partial charge in [0.25, 0.3) is 0 Å². The Morgan fingerprint density at radius 3 is 2.95 bits per heavy atom. The molecule has 0 aliphatic carbocycles. The van der Waals surface area contributed by atoms with Gasteiger partial charge in [0.1, 0.15) is 22.8 Å². The average Bonchev–Trinajstić information content (AvgIpc) is 2.88. The van der Waals surface area contributed by atoms with Crippen molar-refractivity contribution in [1.29, 1.82) is 0 Å². The van der Waals surface area contributed by atoms with Crippen LogP contribution < -0.4 is 10.6 Å². The standard InChI is InChI=1S/C15H17N5S/c1-3-16-12-6-11(4-5-17-12)7-18-14-13-10(2)8-21-15(13)20-9-19-14/h4-6,8-9H,3,7H2,1-2H3,(H,16,17)(H,18,19,20). The highest BCUT2D eigenvalue weighted by Crippen LogP contribution is 2.28. The molecule has 0 radical (unpaired) electrons. The lowest BCUT2D eigenvalue weighted by atomic mass is 10.2. The van der Waals surface area contributed by atoms with Crippen LogP contribution in [0.3, 0.4) is 0 Å². The average molecular weight is 299 g/mol. The van der Waals surface area contributed by atoms with Crippen molar-refractivity contribution < 1.29 is 0 Å². The Balaban J connectivity index is 1.80. The molecule has 108 valence electrons. The van der Waals surface area contributed by atoms with Crippen LogP contribution >= 0.6 is 11.3 Å². The summed E-state index contributed by atoms with van der Waals surface area (Å²) in [6, 6.07) is 4.06. The first-order chi connectivity index (χ1) is 10.3. The lowest BCUT2D eigenvalue weighted by molar-refractivity contribution is 1.08. The second kappa shape index (κ2) is 6.05. The topological polar surface area (TPSA) is 62.7 Å². The molecule has 3 heterocycles. The third kappa shape index (κ3) is 2.95. The number of aromatic nitrogens is 3. The van der Waals surface area contributed by atoms with Crippen molar-refractivity contribution in [3.8, 4) is 0 Å². The molecule has 3 aromatic heterocycles. The number of thiophene rings is 1. The van der Waals surface area contributed by atoms with E-state index in [2.05, 4.69) is 50.9 Å². The number of hydrogen-bond donors (Lipinski definition) is 2. The molecule has 0 saturated carbocycles. The highest BCUT2D eigenvalue weighted by Gasteiger charge is 2.08. The minimum Gasteiger partial charge on any atom is -0.370 e. The van der Waals surface area contributed by atoms with Gasteiger partial charge in [-0.05, 0) is 42.5 Å². The number of fused-ring (bicyclic) bond motifs is 1. The summed E-state index contributed by atoms with van der Waals surface area (Å²) in [5.74, 6) is 1.79. The molecular weight excluding hydrogens is 282 g/mol. The maximum absolute atomic E-state index is 4.37. The van der Waals surface area contributed by atoms with Gasteiger partial charge in [-0.2, -0.15) is 0 Å². The predicted octanol–water partition coefficient (Wildman–Crippen LogP) is 3.44. The minimum absolute atomic E-state index is 0.711. The predicted molar refractivity (Wildman–Crippen MR) is 87.9 cm³/mol. The Bertz CT molecular complexity index is 753. The molecule has 0 unspecified atom stereocenters. The van der Waals surface area contributed by atoms with Crippen molar-refractivity contribution in [2.24, 2.45) is 0 Å². The molecule has 3 aromatic rings. The monoisotopic (exact) mass is 299 g/mol. The van der Waals surface area contributed by atoms with Crippen LogP contribution in [0.4, 0.5) is 11.6 Å². The number of aryl methyl sites for hydroxylation is 1. The van der Waals surface area contributed by atoms with Crippen molar-refractivity contribution in [2.45, 2.75) is 20.4 Å². The quantitative estimate of drug-likeness (QED) is 0.755. The second-order valence-electron chi connectivity index (χ2n) is 4.75. The Hall–Kier alpha value is -2.21. The lowest BCUT2D eigenvalue weighted by Crippen LogP contribution is -2.04. The van der Waals surface area contributed by atoms with Crippen molar-refractivity contribution in [3.63, 3.8) is 0 Å². The van der Waals surface area contributed by atoms with Gasteiger partial charge in [0.05, 0.1) is 5.39 Å². The van der Waals surface area contributed by atoms with E-state index in [-0.39, 0.29) is 0 Å². The van der Waals surface area contributed by atoms with Gasteiger partial charge in [0, 0.05) is 19.3 Å². The first-order valence-corrected chi connectivity index (χ1v) is 7.77. The van der Waals surface area contributed by atoms with Gasteiger partial charge in [-0.15, -0.1) is 11.3 Å². The summed E-state index contributed by atoms with van der Waals surface area (Å²) in [5.41, 5.74) is 2.38. The molecule has 0 aliphatic rings. The highest BCUT2D eigenvalue weighted by molar-refractivity contribution is 7.17. The van der Waals surface area contributed by atoms with Crippen molar-refractivity contribution in [3.05, 3.63) is 41.2 Å². The third-order valence-electron chi connectivity index (χ3n) is 3.20. The summed E-state index contributed by atoms with van der Waals surface area (Å²) in [5, 5.41) is 9.84. The molecule has 0 amide bonds. The van der Waals surface area contributed by atoms with E-state index in [0.29, 0.717) is 6.54 Å². The summed E-state index contributed by atoms with van der Waals surface area (Å²) in [4.78, 5) is 14.0. The molecule has 0 aromatic carbocycles. The molecule has 2 N–H and O–H groups in total. The summed E-state index contributed by atoms with van der Waals surface area (Å²) in [7, 11) is 0.